The summed E-state index contributed by atoms with van der Waals surface area (Å²) in [5.74, 6) is -0.963. The Hall–Kier alpha value is -2.60. The van der Waals surface area contributed by atoms with Crippen LogP contribution in [0.4, 0.5) is 5.69 Å². The summed E-state index contributed by atoms with van der Waals surface area (Å²) in [6.45, 7) is 0. The molecule has 0 unspecified atom stereocenters. The average molecular weight is 423 g/mol. The van der Waals surface area contributed by atoms with E-state index >= 15 is 0 Å². The molecule has 3 aromatic rings. The molecule has 2 aromatic carbocycles. The van der Waals surface area contributed by atoms with E-state index in [-0.39, 0.29) is 28.0 Å². The van der Waals surface area contributed by atoms with Crippen molar-refractivity contribution in [3.63, 3.8) is 0 Å². The molecule has 138 valence electrons. The lowest BCUT2D eigenvalue weighted by Crippen LogP contribution is -2.13. The summed E-state index contributed by atoms with van der Waals surface area (Å²) >= 11 is 12.2. The normalized spacial score (nSPS) is 10.6. The minimum absolute atomic E-state index is 0. The lowest BCUT2D eigenvalue weighted by molar-refractivity contribution is -0.113. The van der Waals surface area contributed by atoms with Crippen LogP contribution >= 0.6 is 35.6 Å². The number of hydrogen-bond donors (Lipinski definition) is 2. The summed E-state index contributed by atoms with van der Waals surface area (Å²) in [5, 5.41) is 4.11. The molecule has 2 amide bonds. The van der Waals surface area contributed by atoms with Crippen LogP contribution in [0, 0.1) is 0 Å². The minimum atomic E-state index is -0.539. The number of hydrogen-bond acceptors (Lipinski definition) is 3. The maximum absolute atomic E-state index is 12.6. The van der Waals surface area contributed by atoms with E-state index in [9.17, 15) is 9.59 Å². The van der Waals surface area contributed by atoms with Crippen molar-refractivity contribution in [1.82, 2.24) is 4.98 Å². The third kappa shape index (κ3) is 4.77. The highest BCUT2D eigenvalue weighted by molar-refractivity contribution is 6.40. The molecule has 5 nitrogen and oxygen atoms in total. The van der Waals surface area contributed by atoms with E-state index in [2.05, 4.69) is 10.3 Å². The number of nitrogens with one attached hydrogen (secondary N) is 1. The van der Waals surface area contributed by atoms with Gasteiger partial charge in [0.15, 0.2) is 0 Å². The SMILES string of the molecule is Cl.NC(=O)/C=C/c1cnc2c(NC(=O)c3c(Cl)cccc3Cl)cccc2c1. The number of para-hydroxylation sites is 1. The minimum Gasteiger partial charge on any atom is -0.366 e. The van der Waals surface area contributed by atoms with Gasteiger partial charge in [-0.1, -0.05) is 41.4 Å². The Morgan fingerprint density at radius 2 is 1.74 bits per heavy atom. The Morgan fingerprint density at radius 1 is 1.07 bits per heavy atom. The van der Waals surface area contributed by atoms with Crippen molar-refractivity contribution in [3.8, 4) is 0 Å². The molecule has 0 bridgehead atoms. The number of rotatable bonds is 4. The van der Waals surface area contributed by atoms with Gasteiger partial charge < -0.3 is 11.1 Å². The van der Waals surface area contributed by atoms with E-state index in [0.717, 1.165) is 5.39 Å². The lowest BCUT2D eigenvalue weighted by atomic mass is 10.1. The molecule has 0 radical (unpaired) electrons. The van der Waals surface area contributed by atoms with Crippen molar-refractivity contribution in [2.24, 2.45) is 5.73 Å². The van der Waals surface area contributed by atoms with Crippen LogP contribution in [-0.2, 0) is 4.79 Å². The number of primary amides is 1. The monoisotopic (exact) mass is 421 g/mol. The molecule has 1 aromatic heterocycles. The van der Waals surface area contributed by atoms with Crippen molar-refractivity contribution in [1.29, 1.82) is 0 Å². The van der Waals surface area contributed by atoms with Gasteiger partial charge in [-0.25, -0.2) is 0 Å². The van der Waals surface area contributed by atoms with E-state index in [1.165, 1.54) is 6.08 Å². The highest BCUT2D eigenvalue weighted by Crippen LogP contribution is 2.27. The highest BCUT2D eigenvalue weighted by atomic mass is 35.5. The van der Waals surface area contributed by atoms with Crippen LogP contribution in [0.1, 0.15) is 15.9 Å². The van der Waals surface area contributed by atoms with Gasteiger partial charge in [-0.3, -0.25) is 14.6 Å². The fraction of sp³-hybridized carbons (Fsp3) is 0. The van der Waals surface area contributed by atoms with E-state index in [0.29, 0.717) is 16.8 Å². The van der Waals surface area contributed by atoms with Crippen molar-refractivity contribution in [3.05, 3.63) is 75.9 Å². The summed E-state index contributed by atoms with van der Waals surface area (Å²) in [6, 6.07) is 12.1. The number of halogens is 3. The number of benzene rings is 2. The summed E-state index contributed by atoms with van der Waals surface area (Å²) in [6.07, 6.45) is 4.41. The maximum Gasteiger partial charge on any atom is 0.258 e. The van der Waals surface area contributed by atoms with Crippen molar-refractivity contribution >= 4 is 70.1 Å². The summed E-state index contributed by atoms with van der Waals surface area (Å²) in [5.41, 5.74) is 7.14. The molecule has 0 saturated carbocycles. The van der Waals surface area contributed by atoms with Crippen LogP contribution in [0.5, 0.6) is 0 Å². The first-order valence-corrected chi connectivity index (χ1v) is 8.33. The third-order valence-electron chi connectivity index (χ3n) is 3.61. The fourth-order valence-electron chi connectivity index (χ4n) is 2.45. The molecule has 0 spiro atoms. The molecule has 0 aliphatic carbocycles. The highest BCUT2D eigenvalue weighted by Gasteiger charge is 2.16. The second kappa shape index (κ2) is 8.86. The molecular weight excluding hydrogens is 409 g/mol. The molecule has 27 heavy (non-hydrogen) atoms. The predicted molar refractivity (Wildman–Crippen MR) is 112 cm³/mol. The van der Waals surface area contributed by atoms with Gasteiger partial charge in [0.2, 0.25) is 5.91 Å². The van der Waals surface area contributed by atoms with Crippen molar-refractivity contribution < 1.29 is 9.59 Å². The molecule has 3 rings (SSSR count). The average Bonchev–Trinajstić information content (AvgIpc) is 2.60. The number of carbonyl (C=O) groups excluding carboxylic acids is 2. The van der Waals surface area contributed by atoms with E-state index in [1.54, 1.807) is 42.6 Å². The van der Waals surface area contributed by atoms with Crippen LogP contribution in [0.15, 0.2) is 54.7 Å². The standard InChI is InChI=1S/C19H13Cl2N3O2.ClH/c20-13-4-2-5-14(21)17(13)19(26)24-15-6-1-3-12-9-11(7-8-16(22)25)10-23-18(12)15;/h1-10H,(H2,22,25)(H,24,26);1H/b8-7+;. The van der Waals surface area contributed by atoms with Crippen LogP contribution < -0.4 is 11.1 Å². The van der Waals surface area contributed by atoms with Crippen LogP contribution in [0.3, 0.4) is 0 Å². The first-order valence-electron chi connectivity index (χ1n) is 7.57. The Bertz CT molecular complexity index is 1030. The summed E-state index contributed by atoms with van der Waals surface area (Å²) in [4.78, 5) is 27.8. The molecule has 8 heteroatoms. The largest absolute Gasteiger partial charge is 0.366 e. The molecule has 0 saturated heterocycles. The van der Waals surface area contributed by atoms with Gasteiger partial charge in [0, 0.05) is 17.7 Å². The van der Waals surface area contributed by atoms with Crippen molar-refractivity contribution in [2.45, 2.75) is 0 Å². The quantitative estimate of drug-likeness (QED) is 0.597. The van der Waals surface area contributed by atoms with Crippen LogP contribution in [0.2, 0.25) is 10.0 Å². The van der Waals surface area contributed by atoms with Gasteiger partial charge in [0.1, 0.15) is 0 Å². The number of pyridine rings is 1. The van der Waals surface area contributed by atoms with Gasteiger partial charge in [-0.15, -0.1) is 12.4 Å². The Morgan fingerprint density at radius 3 is 2.41 bits per heavy atom. The third-order valence-corrected chi connectivity index (χ3v) is 4.24. The van der Waals surface area contributed by atoms with Crippen molar-refractivity contribution in [2.75, 3.05) is 5.32 Å². The van der Waals surface area contributed by atoms with E-state index < -0.39 is 11.8 Å². The molecule has 3 N–H and O–H groups in total. The number of carbonyl (C=O) groups is 2. The topological polar surface area (TPSA) is 85.1 Å². The Balaban J connectivity index is 0.00000261. The first kappa shape index (κ1) is 20.7. The molecule has 0 fully saturated rings. The number of aromatic nitrogens is 1. The number of nitrogens with two attached hydrogens (primary N) is 1. The van der Waals surface area contributed by atoms with Gasteiger partial charge in [-0.2, -0.15) is 0 Å². The van der Waals surface area contributed by atoms with Gasteiger partial charge in [0.25, 0.3) is 5.91 Å². The molecular formula is C19H14Cl3N3O2. The van der Waals surface area contributed by atoms with E-state index in [4.69, 9.17) is 28.9 Å². The van der Waals surface area contributed by atoms with Gasteiger partial charge in [-0.05, 0) is 35.9 Å². The summed E-state index contributed by atoms with van der Waals surface area (Å²) in [7, 11) is 0. The Labute approximate surface area is 171 Å². The molecule has 0 aliphatic heterocycles. The van der Waals surface area contributed by atoms with E-state index in [1.807, 2.05) is 12.1 Å². The second-order valence-electron chi connectivity index (χ2n) is 5.43. The number of anilines is 1. The molecule has 1 heterocycles. The summed E-state index contributed by atoms with van der Waals surface area (Å²) < 4.78 is 0. The molecule has 0 aliphatic rings. The second-order valence-corrected chi connectivity index (χ2v) is 6.25. The van der Waals surface area contributed by atoms with Crippen LogP contribution in [-0.4, -0.2) is 16.8 Å². The zero-order valence-corrected chi connectivity index (χ0v) is 16.1. The molecule has 0 atom stereocenters. The number of fused-ring (bicyclic) bond motifs is 1. The fourth-order valence-corrected chi connectivity index (χ4v) is 3.02. The number of amides is 2. The lowest BCUT2D eigenvalue weighted by Gasteiger charge is -2.10. The predicted octanol–water partition coefficient (Wildman–Crippen LogP) is 4.71. The first-order chi connectivity index (χ1) is 12.5. The Kier molecular flexibility index (Phi) is 6.80. The zero-order valence-electron chi connectivity index (χ0n) is 13.8. The van der Waals surface area contributed by atoms with Crippen LogP contribution in [0.25, 0.3) is 17.0 Å². The number of nitrogens with zero attached hydrogens (tertiary/aromatic N) is 1. The van der Waals surface area contributed by atoms with Gasteiger partial charge in [0.05, 0.1) is 26.8 Å². The van der Waals surface area contributed by atoms with Gasteiger partial charge >= 0.3 is 0 Å². The maximum atomic E-state index is 12.6. The zero-order chi connectivity index (χ0) is 18.7. The smallest absolute Gasteiger partial charge is 0.258 e.